The Kier molecular flexibility index (Phi) is 5.66. The number of nitrogens with zero attached hydrogens (tertiary/aromatic N) is 4. The average Bonchev–Trinajstić information content (AvgIpc) is 3.36. The molecule has 1 amide bonds. The van der Waals surface area contributed by atoms with Crippen molar-refractivity contribution in [2.24, 2.45) is 0 Å². The number of hydrogen-bond donors (Lipinski definition) is 2. The Bertz CT molecular complexity index is 1030. The first-order valence-corrected chi connectivity index (χ1v) is 10.8. The van der Waals surface area contributed by atoms with Gasteiger partial charge in [0.2, 0.25) is 0 Å². The van der Waals surface area contributed by atoms with E-state index in [1.807, 2.05) is 0 Å². The second-order valence-corrected chi connectivity index (χ2v) is 7.99. The van der Waals surface area contributed by atoms with Crippen molar-refractivity contribution in [3.8, 4) is 5.75 Å². The van der Waals surface area contributed by atoms with Crippen LogP contribution in [0.1, 0.15) is 36.2 Å². The number of hydrogen-bond acceptors (Lipinski definition) is 7. The summed E-state index contributed by atoms with van der Waals surface area (Å²) in [4.78, 5) is 23.5. The highest BCUT2D eigenvalue weighted by molar-refractivity contribution is 5.92. The molecule has 3 heterocycles. The zero-order valence-corrected chi connectivity index (χ0v) is 17.3. The van der Waals surface area contributed by atoms with Gasteiger partial charge in [0.25, 0.3) is 5.91 Å². The van der Waals surface area contributed by atoms with E-state index in [4.69, 9.17) is 9.47 Å². The summed E-state index contributed by atoms with van der Waals surface area (Å²) < 4.78 is 11.9. The minimum Gasteiger partial charge on any atom is -0.488 e. The van der Waals surface area contributed by atoms with E-state index < -0.39 is 0 Å². The Balaban J connectivity index is 1.26. The lowest BCUT2D eigenvalue weighted by Gasteiger charge is -2.31. The van der Waals surface area contributed by atoms with Gasteiger partial charge in [-0.1, -0.05) is 0 Å². The van der Waals surface area contributed by atoms with Gasteiger partial charge in [0.05, 0.1) is 24.8 Å². The topological polar surface area (TPSA) is 105 Å². The fourth-order valence-corrected chi connectivity index (χ4v) is 4.27. The van der Waals surface area contributed by atoms with Crippen LogP contribution in [-0.4, -0.2) is 64.5 Å². The molecule has 0 radical (unpaired) electrons. The smallest absolute Gasteiger partial charge is 0.271 e. The highest BCUT2D eigenvalue weighted by Gasteiger charge is 2.25. The van der Waals surface area contributed by atoms with E-state index in [-0.39, 0.29) is 18.1 Å². The maximum absolute atomic E-state index is 12.2. The van der Waals surface area contributed by atoms with Gasteiger partial charge in [-0.25, -0.2) is 4.98 Å². The van der Waals surface area contributed by atoms with Crippen molar-refractivity contribution in [2.45, 2.75) is 37.8 Å². The van der Waals surface area contributed by atoms with Gasteiger partial charge >= 0.3 is 0 Å². The third-order valence-corrected chi connectivity index (χ3v) is 5.94. The number of ether oxygens (including phenoxy) is 2. The van der Waals surface area contributed by atoms with Crippen LogP contribution in [0.25, 0.3) is 11.0 Å². The van der Waals surface area contributed by atoms with Crippen LogP contribution in [0.5, 0.6) is 5.75 Å². The van der Waals surface area contributed by atoms with Gasteiger partial charge in [-0.05, 0) is 37.8 Å². The molecule has 0 bridgehead atoms. The third kappa shape index (κ3) is 4.46. The molecule has 0 unspecified atom stereocenters. The van der Waals surface area contributed by atoms with Crippen molar-refractivity contribution in [3.05, 3.63) is 42.5 Å². The van der Waals surface area contributed by atoms with Gasteiger partial charge in [0.1, 0.15) is 17.0 Å². The molecular weight excluding hydrogens is 396 g/mol. The number of aromatic nitrogens is 4. The fraction of sp³-hybridized carbons (Fsp3) is 0.455. The highest BCUT2D eigenvalue weighted by atomic mass is 16.5. The van der Waals surface area contributed by atoms with E-state index in [9.17, 15) is 4.79 Å². The van der Waals surface area contributed by atoms with Crippen LogP contribution < -0.4 is 15.0 Å². The fourth-order valence-electron chi connectivity index (χ4n) is 4.27. The lowest BCUT2D eigenvalue weighted by molar-refractivity contribution is 0.0890. The monoisotopic (exact) mass is 422 g/mol. The molecule has 3 aromatic rings. The molecule has 1 saturated heterocycles. The summed E-state index contributed by atoms with van der Waals surface area (Å²) >= 11 is 0. The summed E-state index contributed by atoms with van der Waals surface area (Å²) in [6.07, 6.45) is 8.63. The van der Waals surface area contributed by atoms with Crippen molar-refractivity contribution in [1.82, 2.24) is 25.5 Å². The number of benzene rings is 1. The summed E-state index contributed by atoms with van der Waals surface area (Å²) in [6.45, 7) is 3.16. The molecule has 162 valence electrons. The van der Waals surface area contributed by atoms with E-state index in [1.165, 1.54) is 0 Å². The second kappa shape index (κ2) is 8.89. The zero-order chi connectivity index (χ0) is 21.0. The Labute approximate surface area is 180 Å². The molecular formula is C22H26N6O3. The van der Waals surface area contributed by atoms with Gasteiger partial charge in [-0.15, -0.1) is 0 Å². The first-order chi connectivity index (χ1) is 15.3. The van der Waals surface area contributed by atoms with Gasteiger partial charge in [-0.3, -0.25) is 14.9 Å². The van der Waals surface area contributed by atoms with Crippen LogP contribution in [0.2, 0.25) is 0 Å². The first-order valence-electron chi connectivity index (χ1n) is 10.8. The summed E-state index contributed by atoms with van der Waals surface area (Å²) in [5.41, 5.74) is 3.13. The standard InChI is InChI=1S/C22H26N6O3/c29-22(18-5-6-25-27-18)26-15-1-3-17(4-2-15)31-20-14-16(28-9-11-30-12-10-28)13-19-21(20)24-8-7-23-19/h5-8,13-15,17H,1-4,9-12H2,(H,25,27)(H,26,29). The number of fused-ring (bicyclic) bond motifs is 1. The molecule has 9 heteroatoms. The summed E-state index contributed by atoms with van der Waals surface area (Å²) in [5.74, 6) is 0.640. The molecule has 0 atom stereocenters. The summed E-state index contributed by atoms with van der Waals surface area (Å²) in [5, 5.41) is 9.68. The SMILES string of the molecule is O=C(NC1CCC(Oc2cc(N3CCOCC3)cc3nccnc23)CC1)c1cc[nH]n1. The number of H-pyrrole nitrogens is 1. The minimum atomic E-state index is -0.134. The van der Waals surface area contributed by atoms with Crippen molar-refractivity contribution in [3.63, 3.8) is 0 Å². The van der Waals surface area contributed by atoms with E-state index in [0.29, 0.717) is 5.69 Å². The highest BCUT2D eigenvalue weighted by Crippen LogP contribution is 2.33. The van der Waals surface area contributed by atoms with E-state index in [0.717, 1.165) is 74.5 Å². The Hall–Kier alpha value is -3.20. The molecule has 2 aromatic heterocycles. The number of carbonyl (C=O) groups excluding carboxylic acids is 1. The van der Waals surface area contributed by atoms with Crippen LogP contribution in [0.15, 0.2) is 36.8 Å². The predicted octanol–water partition coefficient (Wildman–Crippen LogP) is 2.31. The number of aromatic amines is 1. The van der Waals surface area contributed by atoms with E-state index in [2.05, 4.69) is 42.5 Å². The van der Waals surface area contributed by atoms with Crippen LogP contribution in [0.3, 0.4) is 0 Å². The molecule has 2 aliphatic rings. The van der Waals surface area contributed by atoms with Crippen LogP contribution in [0.4, 0.5) is 5.69 Å². The largest absolute Gasteiger partial charge is 0.488 e. The maximum Gasteiger partial charge on any atom is 0.271 e. The van der Waals surface area contributed by atoms with Crippen molar-refractivity contribution >= 4 is 22.6 Å². The molecule has 0 spiro atoms. The number of amides is 1. The molecule has 1 saturated carbocycles. The number of rotatable bonds is 5. The van der Waals surface area contributed by atoms with E-state index in [1.54, 1.807) is 24.7 Å². The first kappa shape index (κ1) is 19.7. The summed E-state index contributed by atoms with van der Waals surface area (Å²) in [6, 6.07) is 5.97. The Morgan fingerprint density at radius 1 is 1.13 bits per heavy atom. The number of carbonyl (C=O) groups is 1. The lowest BCUT2D eigenvalue weighted by atomic mass is 9.92. The minimum absolute atomic E-state index is 0.0867. The summed E-state index contributed by atoms with van der Waals surface area (Å²) in [7, 11) is 0. The van der Waals surface area contributed by atoms with Crippen LogP contribution >= 0.6 is 0 Å². The molecule has 31 heavy (non-hydrogen) atoms. The van der Waals surface area contributed by atoms with Crippen molar-refractivity contribution in [2.75, 3.05) is 31.2 Å². The average molecular weight is 422 g/mol. The number of morpholine rings is 1. The Morgan fingerprint density at radius 2 is 1.94 bits per heavy atom. The van der Waals surface area contributed by atoms with E-state index >= 15 is 0 Å². The second-order valence-electron chi connectivity index (χ2n) is 7.99. The quantitative estimate of drug-likeness (QED) is 0.650. The lowest BCUT2D eigenvalue weighted by Crippen LogP contribution is -2.40. The molecule has 1 aliphatic carbocycles. The van der Waals surface area contributed by atoms with Crippen molar-refractivity contribution < 1.29 is 14.3 Å². The molecule has 1 aromatic carbocycles. The predicted molar refractivity (Wildman–Crippen MR) is 115 cm³/mol. The molecule has 2 fully saturated rings. The van der Waals surface area contributed by atoms with Crippen molar-refractivity contribution in [1.29, 1.82) is 0 Å². The molecule has 1 aliphatic heterocycles. The molecule has 5 rings (SSSR count). The Morgan fingerprint density at radius 3 is 2.71 bits per heavy atom. The van der Waals surface area contributed by atoms with Crippen LogP contribution in [0, 0.1) is 0 Å². The van der Waals surface area contributed by atoms with Gasteiger partial charge in [0, 0.05) is 49.5 Å². The number of nitrogens with one attached hydrogen (secondary N) is 2. The molecule has 9 nitrogen and oxygen atoms in total. The molecule has 2 N–H and O–H groups in total. The van der Waals surface area contributed by atoms with Gasteiger partial charge in [0.15, 0.2) is 0 Å². The zero-order valence-electron chi connectivity index (χ0n) is 17.3. The van der Waals surface area contributed by atoms with Gasteiger partial charge < -0.3 is 19.7 Å². The normalized spacial score (nSPS) is 21.7. The maximum atomic E-state index is 12.2. The van der Waals surface area contributed by atoms with Gasteiger partial charge in [-0.2, -0.15) is 5.10 Å². The van der Waals surface area contributed by atoms with Crippen LogP contribution in [-0.2, 0) is 4.74 Å². The number of anilines is 1. The third-order valence-electron chi connectivity index (χ3n) is 5.94.